The zero-order chi connectivity index (χ0) is 20.1. The highest BCUT2D eigenvalue weighted by atomic mass is 79.9. The zero-order valence-corrected chi connectivity index (χ0v) is 17.8. The third-order valence-corrected chi connectivity index (χ3v) is 5.96. The largest absolute Gasteiger partial charge is 0.355 e. The Balaban J connectivity index is 1.59. The van der Waals surface area contributed by atoms with Gasteiger partial charge in [0.15, 0.2) is 0 Å². The van der Waals surface area contributed by atoms with Crippen LogP contribution in [0, 0.1) is 5.92 Å². The van der Waals surface area contributed by atoms with Crippen LogP contribution < -0.4 is 10.2 Å². The van der Waals surface area contributed by atoms with E-state index >= 15 is 0 Å². The maximum atomic E-state index is 13.0. The molecule has 152 valence electrons. The number of benzene rings is 1. The third-order valence-electron chi connectivity index (χ3n) is 5.29. The monoisotopic (exact) mass is 450 g/mol. The Morgan fingerprint density at radius 1 is 1.14 bits per heavy atom. The maximum absolute atomic E-state index is 13.0. The number of halogens is 1. The average Bonchev–Trinajstić information content (AvgIpc) is 2.89. The lowest BCUT2D eigenvalue weighted by molar-refractivity contribution is -0.139. The van der Waals surface area contributed by atoms with Crippen LogP contribution in [0.4, 0.5) is 5.69 Å². The second-order valence-corrected chi connectivity index (χ2v) is 8.05. The molecule has 3 rings (SSSR count). The quantitative estimate of drug-likeness (QED) is 0.689. The topological polar surface area (TPSA) is 73.0 Å². The zero-order valence-electron chi connectivity index (χ0n) is 16.2. The smallest absolute Gasteiger partial charge is 0.239 e. The van der Waals surface area contributed by atoms with Crippen LogP contribution in [0.5, 0.6) is 0 Å². The number of amides is 3. The standard InChI is InChI=1S/C20H27BrN4O3/c1-2-22-18(26)14-23-9-5-10-24(13-12-23)19(27)15-8-11-25(20(15)28)17-7-4-3-6-16(17)21/h3-4,6-7,15H,2,5,8-14H2,1H3,(H,22,26). The van der Waals surface area contributed by atoms with Gasteiger partial charge in [-0.05, 0) is 47.8 Å². The minimum atomic E-state index is -0.609. The van der Waals surface area contributed by atoms with E-state index in [2.05, 4.69) is 26.1 Å². The summed E-state index contributed by atoms with van der Waals surface area (Å²) in [5.41, 5.74) is 0.812. The molecule has 1 aromatic carbocycles. The van der Waals surface area contributed by atoms with Crippen LogP contribution in [0.3, 0.4) is 0 Å². The Labute approximate surface area is 174 Å². The first-order valence-corrected chi connectivity index (χ1v) is 10.6. The minimum absolute atomic E-state index is 0.0114. The SMILES string of the molecule is CCNC(=O)CN1CCCN(C(=O)C2CCN(c3ccccc3Br)C2=O)CC1. The van der Waals surface area contributed by atoms with Gasteiger partial charge in [0.05, 0.1) is 12.2 Å². The van der Waals surface area contributed by atoms with Crippen molar-refractivity contribution in [2.45, 2.75) is 19.8 Å². The molecule has 0 radical (unpaired) electrons. The Hall–Kier alpha value is -1.93. The van der Waals surface area contributed by atoms with Crippen LogP contribution in [0.2, 0.25) is 0 Å². The first-order valence-electron chi connectivity index (χ1n) is 9.85. The van der Waals surface area contributed by atoms with E-state index in [9.17, 15) is 14.4 Å². The van der Waals surface area contributed by atoms with Gasteiger partial charge in [0.25, 0.3) is 0 Å². The molecule has 3 amide bonds. The molecule has 7 nitrogen and oxygen atoms in total. The number of anilines is 1. The Kier molecular flexibility index (Phi) is 7.07. The number of nitrogens with zero attached hydrogens (tertiary/aromatic N) is 3. The van der Waals surface area contributed by atoms with Crippen molar-refractivity contribution in [2.24, 2.45) is 5.92 Å². The summed E-state index contributed by atoms with van der Waals surface area (Å²) >= 11 is 3.49. The highest BCUT2D eigenvalue weighted by Gasteiger charge is 2.40. The summed E-state index contributed by atoms with van der Waals surface area (Å²) in [6, 6.07) is 7.58. The molecular weight excluding hydrogens is 424 g/mol. The molecule has 1 N–H and O–H groups in total. The molecule has 0 aromatic heterocycles. The first-order chi connectivity index (χ1) is 13.5. The van der Waals surface area contributed by atoms with Crippen LogP contribution in [-0.4, -0.2) is 73.3 Å². The summed E-state index contributed by atoms with van der Waals surface area (Å²) < 4.78 is 0.854. The van der Waals surface area contributed by atoms with E-state index in [0.29, 0.717) is 45.7 Å². The van der Waals surface area contributed by atoms with Gasteiger partial charge >= 0.3 is 0 Å². The van der Waals surface area contributed by atoms with Gasteiger partial charge in [-0.15, -0.1) is 0 Å². The van der Waals surface area contributed by atoms with Crippen molar-refractivity contribution in [3.63, 3.8) is 0 Å². The van der Waals surface area contributed by atoms with E-state index in [4.69, 9.17) is 0 Å². The minimum Gasteiger partial charge on any atom is -0.355 e. The first kappa shape index (κ1) is 20.8. The fraction of sp³-hybridized carbons (Fsp3) is 0.550. The molecule has 2 aliphatic heterocycles. The van der Waals surface area contributed by atoms with E-state index < -0.39 is 5.92 Å². The fourth-order valence-electron chi connectivity index (χ4n) is 3.84. The van der Waals surface area contributed by atoms with E-state index in [-0.39, 0.29) is 17.7 Å². The highest BCUT2D eigenvalue weighted by molar-refractivity contribution is 9.10. The molecule has 1 unspecified atom stereocenters. The van der Waals surface area contributed by atoms with Gasteiger partial charge in [-0.3, -0.25) is 19.3 Å². The molecule has 0 spiro atoms. The lowest BCUT2D eigenvalue weighted by Gasteiger charge is -2.24. The van der Waals surface area contributed by atoms with Crippen molar-refractivity contribution in [3.05, 3.63) is 28.7 Å². The number of carbonyl (C=O) groups excluding carboxylic acids is 3. The Morgan fingerprint density at radius 2 is 1.93 bits per heavy atom. The molecule has 2 heterocycles. The van der Waals surface area contributed by atoms with Gasteiger partial charge < -0.3 is 15.1 Å². The number of hydrogen-bond acceptors (Lipinski definition) is 4. The summed E-state index contributed by atoms with van der Waals surface area (Å²) in [6.45, 7) is 6.04. The third kappa shape index (κ3) is 4.72. The van der Waals surface area contributed by atoms with Crippen LogP contribution >= 0.6 is 15.9 Å². The lowest BCUT2D eigenvalue weighted by atomic mass is 10.1. The number of rotatable bonds is 5. The van der Waals surface area contributed by atoms with Crippen molar-refractivity contribution in [1.82, 2.24) is 15.1 Å². The summed E-state index contributed by atoms with van der Waals surface area (Å²) in [4.78, 5) is 43.3. The molecule has 0 bridgehead atoms. The number of nitrogens with one attached hydrogen (secondary N) is 1. The molecule has 28 heavy (non-hydrogen) atoms. The predicted molar refractivity (Wildman–Crippen MR) is 111 cm³/mol. The number of carbonyl (C=O) groups is 3. The molecule has 1 atom stereocenters. The van der Waals surface area contributed by atoms with Crippen molar-refractivity contribution in [3.8, 4) is 0 Å². The van der Waals surface area contributed by atoms with Crippen LogP contribution in [-0.2, 0) is 14.4 Å². The molecule has 2 saturated heterocycles. The van der Waals surface area contributed by atoms with Gasteiger partial charge in [0.2, 0.25) is 17.7 Å². The van der Waals surface area contributed by atoms with E-state index in [1.165, 1.54) is 0 Å². The Bertz CT molecular complexity index is 742. The average molecular weight is 451 g/mol. The van der Waals surface area contributed by atoms with E-state index in [1.807, 2.05) is 31.2 Å². The van der Waals surface area contributed by atoms with Crippen molar-refractivity contribution in [2.75, 3.05) is 50.7 Å². The Morgan fingerprint density at radius 3 is 2.68 bits per heavy atom. The molecule has 2 aliphatic rings. The predicted octanol–water partition coefficient (Wildman–Crippen LogP) is 1.47. The van der Waals surface area contributed by atoms with E-state index in [0.717, 1.165) is 23.1 Å². The number of likely N-dealkylation sites (N-methyl/N-ethyl adjacent to an activating group) is 1. The summed E-state index contributed by atoms with van der Waals surface area (Å²) in [6.07, 6.45) is 1.35. The van der Waals surface area contributed by atoms with E-state index in [1.54, 1.807) is 9.80 Å². The van der Waals surface area contributed by atoms with Crippen LogP contribution in [0.15, 0.2) is 28.7 Å². The van der Waals surface area contributed by atoms with Crippen molar-refractivity contribution >= 4 is 39.3 Å². The highest BCUT2D eigenvalue weighted by Crippen LogP contribution is 2.32. The molecule has 0 saturated carbocycles. The molecule has 0 aliphatic carbocycles. The van der Waals surface area contributed by atoms with Crippen molar-refractivity contribution < 1.29 is 14.4 Å². The maximum Gasteiger partial charge on any atom is 0.239 e. The molecule has 8 heteroatoms. The molecule has 2 fully saturated rings. The lowest BCUT2D eigenvalue weighted by Crippen LogP contribution is -2.43. The van der Waals surface area contributed by atoms with Gasteiger partial charge in [0, 0.05) is 43.7 Å². The normalized spacial score (nSPS) is 20.9. The van der Waals surface area contributed by atoms with Gasteiger partial charge in [0.1, 0.15) is 5.92 Å². The van der Waals surface area contributed by atoms with Gasteiger partial charge in [-0.2, -0.15) is 0 Å². The second kappa shape index (κ2) is 9.52. The van der Waals surface area contributed by atoms with Crippen molar-refractivity contribution in [1.29, 1.82) is 0 Å². The summed E-state index contributed by atoms with van der Waals surface area (Å²) in [5.74, 6) is -0.806. The fourth-order valence-corrected chi connectivity index (χ4v) is 4.34. The van der Waals surface area contributed by atoms with Gasteiger partial charge in [-0.25, -0.2) is 0 Å². The van der Waals surface area contributed by atoms with Crippen LogP contribution in [0.25, 0.3) is 0 Å². The summed E-state index contributed by atoms with van der Waals surface area (Å²) in [7, 11) is 0. The van der Waals surface area contributed by atoms with Gasteiger partial charge in [-0.1, -0.05) is 12.1 Å². The number of para-hydroxylation sites is 1. The molecule has 1 aromatic rings. The summed E-state index contributed by atoms with van der Waals surface area (Å²) in [5, 5.41) is 2.81. The van der Waals surface area contributed by atoms with Crippen LogP contribution in [0.1, 0.15) is 19.8 Å². The molecular formula is C20H27BrN4O3. The second-order valence-electron chi connectivity index (χ2n) is 7.19. The number of hydrogen-bond donors (Lipinski definition) is 1.